The third-order valence-corrected chi connectivity index (χ3v) is 4.03. The summed E-state index contributed by atoms with van der Waals surface area (Å²) in [5.41, 5.74) is 7.28. The fraction of sp³-hybridized carbons (Fsp3) is 0.571. The summed E-state index contributed by atoms with van der Waals surface area (Å²) < 4.78 is 1.15. The molecule has 1 heterocycles. The predicted octanol–water partition coefficient (Wildman–Crippen LogP) is 2.98. The Bertz CT molecular complexity index is 348. The summed E-state index contributed by atoms with van der Waals surface area (Å²) in [4.78, 5) is 2.56. The molecule has 2 nitrogen and oxygen atoms in total. The lowest BCUT2D eigenvalue weighted by Crippen LogP contribution is -2.35. The van der Waals surface area contributed by atoms with Crippen molar-refractivity contribution in [2.75, 3.05) is 26.2 Å². The van der Waals surface area contributed by atoms with Crippen LogP contribution < -0.4 is 5.73 Å². The van der Waals surface area contributed by atoms with Gasteiger partial charge in [0.25, 0.3) is 0 Å². The van der Waals surface area contributed by atoms with Crippen LogP contribution in [0.1, 0.15) is 30.7 Å². The molecule has 2 N–H and O–H groups in total. The zero-order valence-electron chi connectivity index (χ0n) is 10.2. The molecule has 0 saturated carbocycles. The minimum Gasteiger partial charge on any atom is -0.330 e. The molecule has 94 valence electrons. The molecule has 1 aromatic carbocycles. The highest BCUT2D eigenvalue weighted by Crippen LogP contribution is 2.21. The molecule has 1 saturated heterocycles. The Morgan fingerprint density at radius 2 is 2.00 bits per heavy atom. The minimum atomic E-state index is 0.464. The van der Waals surface area contributed by atoms with Crippen molar-refractivity contribution in [3.63, 3.8) is 0 Å². The zero-order valence-corrected chi connectivity index (χ0v) is 11.8. The number of hydrogen-bond acceptors (Lipinski definition) is 2. The quantitative estimate of drug-likeness (QED) is 0.926. The van der Waals surface area contributed by atoms with Gasteiger partial charge in [0.2, 0.25) is 0 Å². The largest absolute Gasteiger partial charge is 0.330 e. The van der Waals surface area contributed by atoms with Crippen LogP contribution in [-0.2, 0) is 0 Å². The van der Waals surface area contributed by atoms with E-state index in [1.165, 1.54) is 37.9 Å². The van der Waals surface area contributed by atoms with Crippen LogP contribution in [-0.4, -0.2) is 31.1 Å². The van der Waals surface area contributed by atoms with Crippen LogP contribution in [0.4, 0.5) is 0 Å². The van der Waals surface area contributed by atoms with Crippen LogP contribution >= 0.6 is 15.9 Å². The van der Waals surface area contributed by atoms with E-state index in [9.17, 15) is 0 Å². The van der Waals surface area contributed by atoms with Crippen molar-refractivity contribution in [2.24, 2.45) is 5.73 Å². The van der Waals surface area contributed by atoms with Crippen LogP contribution in [0.3, 0.4) is 0 Å². The van der Waals surface area contributed by atoms with Crippen molar-refractivity contribution >= 4 is 15.9 Å². The minimum absolute atomic E-state index is 0.464. The number of hydrogen-bond donors (Lipinski definition) is 1. The van der Waals surface area contributed by atoms with Gasteiger partial charge in [0, 0.05) is 23.5 Å². The summed E-state index contributed by atoms with van der Waals surface area (Å²) >= 11 is 3.53. The Hall–Kier alpha value is -0.380. The maximum Gasteiger partial charge on any atom is 0.0178 e. The van der Waals surface area contributed by atoms with Crippen LogP contribution in [0.15, 0.2) is 28.7 Å². The highest BCUT2D eigenvalue weighted by atomic mass is 79.9. The third-order valence-electron chi connectivity index (χ3n) is 3.53. The van der Waals surface area contributed by atoms with Crippen LogP contribution in [0.5, 0.6) is 0 Å². The van der Waals surface area contributed by atoms with Gasteiger partial charge in [0.1, 0.15) is 0 Å². The Morgan fingerprint density at radius 3 is 2.65 bits per heavy atom. The first-order chi connectivity index (χ1) is 8.29. The summed E-state index contributed by atoms with van der Waals surface area (Å²) in [5, 5.41) is 0. The summed E-state index contributed by atoms with van der Waals surface area (Å²) in [6, 6.07) is 8.55. The second-order valence-corrected chi connectivity index (χ2v) is 5.76. The molecule has 2 rings (SSSR count). The van der Waals surface area contributed by atoms with E-state index >= 15 is 0 Å². The average Bonchev–Trinajstić information content (AvgIpc) is 2.37. The van der Waals surface area contributed by atoms with E-state index in [2.05, 4.69) is 45.1 Å². The van der Waals surface area contributed by atoms with Crippen molar-refractivity contribution in [1.29, 1.82) is 0 Å². The van der Waals surface area contributed by atoms with Crippen molar-refractivity contribution in [3.05, 3.63) is 34.3 Å². The molecule has 0 aromatic heterocycles. The van der Waals surface area contributed by atoms with Gasteiger partial charge >= 0.3 is 0 Å². The molecule has 1 aromatic rings. The monoisotopic (exact) mass is 296 g/mol. The Balaban J connectivity index is 2.00. The van der Waals surface area contributed by atoms with Gasteiger partial charge in [-0.3, -0.25) is 0 Å². The lowest BCUT2D eigenvalue weighted by molar-refractivity contribution is 0.216. The van der Waals surface area contributed by atoms with Crippen molar-refractivity contribution in [1.82, 2.24) is 4.90 Å². The van der Waals surface area contributed by atoms with Gasteiger partial charge in [-0.2, -0.15) is 0 Å². The molecule has 1 aliphatic rings. The number of piperidine rings is 1. The van der Waals surface area contributed by atoms with Crippen molar-refractivity contribution in [2.45, 2.75) is 25.2 Å². The fourth-order valence-electron chi connectivity index (χ4n) is 2.53. The molecule has 17 heavy (non-hydrogen) atoms. The van der Waals surface area contributed by atoms with Gasteiger partial charge in [0.15, 0.2) is 0 Å². The van der Waals surface area contributed by atoms with E-state index < -0.39 is 0 Å². The maximum absolute atomic E-state index is 5.93. The summed E-state index contributed by atoms with van der Waals surface area (Å²) in [6.07, 6.45) is 4.08. The third kappa shape index (κ3) is 3.80. The molecule has 0 aliphatic carbocycles. The molecule has 3 heteroatoms. The molecular weight excluding hydrogens is 276 g/mol. The van der Waals surface area contributed by atoms with Gasteiger partial charge < -0.3 is 10.6 Å². The highest BCUT2D eigenvalue weighted by molar-refractivity contribution is 9.10. The zero-order chi connectivity index (χ0) is 12.1. The molecule has 1 aliphatic heterocycles. The molecule has 0 bridgehead atoms. The number of halogens is 1. The summed E-state index contributed by atoms with van der Waals surface area (Å²) in [5.74, 6) is 0.464. The van der Waals surface area contributed by atoms with Gasteiger partial charge in [-0.25, -0.2) is 0 Å². The smallest absolute Gasteiger partial charge is 0.0178 e. The molecule has 0 spiro atoms. The van der Waals surface area contributed by atoms with Crippen molar-refractivity contribution in [3.8, 4) is 0 Å². The van der Waals surface area contributed by atoms with Gasteiger partial charge in [-0.15, -0.1) is 0 Å². The second kappa shape index (κ2) is 6.53. The first kappa shape index (κ1) is 13.1. The second-order valence-electron chi connectivity index (χ2n) is 4.85. The van der Waals surface area contributed by atoms with E-state index in [4.69, 9.17) is 5.73 Å². The first-order valence-electron chi connectivity index (χ1n) is 6.47. The topological polar surface area (TPSA) is 29.3 Å². The van der Waals surface area contributed by atoms with E-state index in [0.717, 1.165) is 17.6 Å². The molecule has 1 unspecified atom stereocenters. The fourth-order valence-corrected chi connectivity index (χ4v) is 2.95. The van der Waals surface area contributed by atoms with Gasteiger partial charge in [-0.1, -0.05) is 34.5 Å². The first-order valence-corrected chi connectivity index (χ1v) is 7.27. The SMILES string of the molecule is NCC(CN1CCCCC1)c1cccc(Br)c1. The lowest BCUT2D eigenvalue weighted by Gasteiger charge is -2.30. The normalized spacial score (nSPS) is 19.2. The molecule has 0 radical (unpaired) electrons. The van der Waals surface area contributed by atoms with E-state index in [1.807, 2.05) is 0 Å². The summed E-state index contributed by atoms with van der Waals surface area (Å²) in [7, 11) is 0. The van der Waals surface area contributed by atoms with Gasteiger partial charge in [0.05, 0.1) is 0 Å². The number of rotatable bonds is 4. The number of benzene rings is 1. The van der Waals surface area contributed by atoms with E-state index in [0.29, 0.717) is 5.92 Å². The average molecular weight is 297 g/mol. The Labute approximate surface area is 112 Å². The number of nitrogens with zero attached hydrogens (tertiary/aromatic N) is 1. The standard InChI is InChI=1S/C14H21BrN2/c15-14-6-4-5-12(9-14)13(10-16)11-17-7-2-1-3-8-17/h4-6,9,13H,1-3,7-8,10-11,16H2. The summed E-state index contributed by atoms with van der Waals surface area (Å²) in [6.45, 7) is 4.31. The van der Waals surface area contributed by atoms with Crippen LogP contribution in [0.25, 0.3) is 0 Å². The number of likely N-dealkylation sites (tertiary alicyclic amines) is 1. The molecular formula is C14H21BrN2. The van der Waals surface area contributed by atoms with E-state index in [-0.39, 0.29) is 0 Å². The van der Waals surface area contributed by atoms with Crippen LogP contribution in [0.2, 0.25) is 0 Å². The molecule has 0 amide bonds. The van der Waals surface area contributed by atoms with Crippen molar-refractivity contribution < 1.29 is 0 Å². The maximum atomic E-state index is 5.93. The lowest BCUT2D eigenvalue weighted by atomic mass is 9.97. The Morgan fingerprint density at radius 1 is 1.24 bits per heavy atom. The molecule has 1 atom stereocenters. The van der Waals surface area contributed by atoms with Gasteiger partial charge in [-0.05, 0) is 43.6 Å². The number of nitrogens with two attached hydrogens (primary N) is 1. The Kier molecular flexibility index (Phi) is 5.01. The highest BCUT2D eigenvalue weighted by Gasteiger charge is 2.16. The molecule has 1 fully saturated rings. The predicted molar refractivity (Wildman–Crippen MR) is 76.2 cm³/mol. The van der Waals surface area contributed by atoms with E-state index in [1.54, 1.807) is 0 Å². The van der Waals surface area contributed by atoms with Crippen LogP contribution in [0, 0.1) is 0 Å².